The Morgan fingerprint density at radius 3 is 2.57 bits per heavy atom. The predicted molar refractivity (Wildman–Crippen MR) is 124 cm³/mol. The highest BCUT2D eigenvalue weighted by atomic mass is 15.2. The summed E-state index contributed by atoms with van der Waals surface area (Å²) < 4.78 is 0. The molecule has 0 saturated carbocycles. The van der Waals surface area contributed by atoms with Gasteiger partial charge in [0.1, 0.15) is 5.82 Å². The van der Waals surface area contributed by atoms with E-state index >= 15 is 0 Å². The van der Waals surface area contributed by atoms with Crippen molar-refractivity contribution < 1.29 is 0 Å². The van der Waals surface area contributed by atoms with Crippen molar-refractivity contribution in [3.05, 3.63) is 113 Å². The molecule has 0 atom stereocenters. The highest BCUT2D eigenvalue weighted by molar-refractivity contribution is 5.89. The zero-order chi connectivity index (χ0) is 20.3. The van der Waals surface area contributed by atoms with E-state index in [1.54, 1.807) is 0 Å². The van der Waals surface area contributed by atoms with Crippen LogP contribution in [0.25, 0.3) is 5.57 Å². The van der Waals surface area contributed by atoms with Crippen LogP contribution in [0.3, 0.4) is 0 Å². The second-order valence-corrected chi connectivity index (χ2v) is 8.10. The van der Waals surface area contributed by atoms with Gasteiger partial charge in [-0.05, 0) is 46.4 Å². The molecule has 2 aliphatic rings. The van der Waals surface area contributed by atoms with Crippen LogP contribution in [0.15, 0.2) is 90.8 Å². The third kappa shape index (κ3) is 3.81. The van der Waals surface area contributed by atoms with E-state index in [0.29, 0.717) is 0 Å². The van der Waals surface area contributed by atoms with E-state index in [2.05, 4.69) is 95.7 Å². The van der Waals surface area contributed by atoms with Crippen molar-refractivity contribution >= 4 is 11.4 Å². The van der Waals surface area contributed by atoms with Crippen LogP contribution < -0.4 is 4.90 Å². The lowest BCUT2D eigenvalue weighted by atomic mass is 9.92. The Morgan fingerprint density at radius 2 is 1.70 bits per heavy atom. The maximum absolute atomic E-state index is 4.74. The molecule has 150 valence electrons. The van der Waals surface area contributed by atoms with Crippen molar-refractivity contribution in [1.29, 1.82) is 0 Å². The summed E-state index contributed by atoms with van der Waals surface area (Å²) in [5, 5.41) is 0. The molecule has 0 bridgehead atoms. The van der Waals surface area contributed by atoms with E-state index in [0.717, 1.165) is 38.4 Å². The number of rotatable bonds is 5. The lowest BCUT2D eigenvalue weighted by molar-refractivity contribution is 0.317. The van der Waals surface area contributed by atoms with Gasteiger partial charge in [-0.15, -0.1) is 0 Å². The van der Waals surface area contributed by atoms with Crippen LogP contribution in [0.4, 0.5) is 5.82 Å². The summed E-state index contributed by atoms with van der Waals surface area (Å²) in [6.45, 7) is 5.95. The van der Waals surface area contributed by atoms with E-state index in [-0.39, 0.29) is 0 Å². The van der Waals surface area contributed by atoms with Crippen molar-refractivity contribution in [3.63, 3.8) is 0 Å². The van der Waals surface area contributed by atoms with Gasteiger partial charge in [0.2, 0.25) is 0 Å². The number of pyridine rings is 1. The fourth-order valence-corrected chi connectivity index (χ4v) is 4.45. The number of aryl methyl sites for hydroxylation is 1. The van der Waals surface area contributed by atoms with Gasteiger partial charge in [0.05, 0.1) is 0 Å². The Morgan fingerprint density at radius 1 is 0.867 bits per heavy atom. The molecule has 5 rings (SSSR count). The third-order valence-corrected chi connectivity index (χ3v) is 5.96. The summed E-state index contributed by atoms with van der Waals surface area (Å²) in [6, 6.07) is 23.9. The minimum Gasteiger partial charge on any atom is -0.328 e. The predicted octanol–water partition coefficient (Wildman–Crippen LogP) is 5.45. The molecule has 3 nitrogen and oxygen atoms in total. The first-order valence-electron chi connectivity index (χ1n) is 10.8. The van der Waals surface area contributed by atoms with Gasteiger partial charge in [0.25, 0.3) is 0 Å². The Kier molecular flexibility index (Phi) is 5.20. The largest absolute Gasteiger partial charge is 0.328 e. The Balaban J connectivity index is 1.45. The maximum Gasteiger partial charge on any atom is 0.140 e. The minimum atomic E-state index is 0.841. The molecule has 2 aromatic carbocycles. The highest BCUT2D eigenvalue weighted by Gasteiger charge is 2.27. The summed E-state index contributed by atoms with van der Waals surface area (Å²) in [7, 11) is 0. The minimum absolute atomic E-state index is 0.841. The van der Waals surface area contributed by atoms with E-state index in [9.17, 15) is 0 Å². The standard InChI is InChI=1S/C27H27N3/c1-2-21-10-6-11-23(16-21)18-30-20-24-19-29(17-22-8-4-3-5-9-22)15-13-25(24)26-12-7-14-28-27(26)30/h3-14,16,20H,2,15,17-19H2,1H3. The molecule has 0 saturated heterocycles. The van der Waals surface area contributed by atoms with E-state index in [1.807, 2.05) is 6.20 Å². The molecule has 0 amide bonds. The normalized spacial score (nSPS) is 15.8. The first kappa shape index (κ1) is 18.8. The van der Waals surface area contributed by atoms with Crippen molar-refractivity contribution in [2.45, 2.75) is 26.4 Å². The SMILES string of the molecule is CCc1cccc(CN2C=C3CN(Cc4ccccc4)CC=C3c3cccnc32)c1. The number of aromatic nitrogens is 1. The second kappa shape index (κ2) is 8.29. The Hall–Kier alpha value is -3.17. The van der Waals surface area contributed by atoms with E-state index in [4.69, 9.17) is 4.98 Å². The van der Waals surface area contributed by atoms with E-state index < -0.39 is 0 Å². The molecular formula is C27H27N3. The van der Waals surface area contributed by atoms with Crippen molar-refractivity contribution in [2.75, 3.05) is 18.0 Å². The molecule has 3 aromatic rings. The molecule has 2 aliphatic heterocycles. The zero-order valence-electron chi connectivity index (χ0n) is 17.5. The molecule has 0 aliphatic carbocycles. The van der Waals surface area contributed by atoms with Gasteiger partial charge in [0, 0.05) is 44.1 Å². The lowest BCUT2D eigenvalue weighted by Gasteiger charge is -2.35. The molecule has 0 N–H and O–H groups in total. The molecule has 0 fully saturated rings. The van der Waals surface area contributed by atoms with Gasteiger partial charge in [0.15, 0.2) is 0 Å². The monoisotopic (exact) mass is 393 g/mol. The molecular weight excluding hydrogens is 366 g/mol. The quantitative estimate of drug-likeness (QED) is 0.575. The highest BCUT2D eigenvalue weighted by Crippen LogP contribution is 2.38. The molecule has 1 aromatic heterocycles. The number of anilines is 1. The average Bonchev–Trinajstić information content (AvgIpc) is 2.80. The molecule has 30 heavy (non-hydrogen) atoms. The van der Waals surface area contributed by atoms with Crippen LogP contribution in [-0.4, -0.2) is 23.0 Å². The van der Waals surface area contributed by atoms with Gasteiger partial charge < -0.3 is 4.90 Å². The van der Waals surface area contributed by atoms with Crippen LogP contribution in [-0.2, 0) is 19.5 Å². The van der Waals surface area contributed by atoms with Crippen LogP contribution >= 0.6 is 0 Å². The number of hydrogen-bond donors (Lipinski definition) is 0. The van der Waals surface area contributed by atoms with E-state index in [1.165, 1.54) is 33.4 Å². The van der Waals surface area contributed by atoms with Gasteiger partial charge in [-0.25, -0.2) is 4.98 Å². The van der Waals surface area contributed by atoms with Gasteiger partial charge >= 0.3 is 0 Å². The fraction of sp³-hybridized carbons (Fsp3) is 0.222. The van der Waals surface area contributed by atoms with Crippen molar-refractivity contribution in [2.24, 2.45) is 0 Å². The van der Waals surface area contributed by atoms with Crippen LogP contribution in [0.1, 0.15) is 29.2 Å². The topological polar surface area (TPSA) is 19.4 Å². The first-order chi connectivity index (χ1) is 14.8. The van der Waals surface area contributed by atoms with Crippen LogP contribution in [0.2, 0.25) is 0 Å². The lowest BCUT2D eigenvalue weighted by Crippen LogP contribution is -2.33. The van der Waals surface area contributed by atoms with Gasteiger partial charge in [-0.2, -0.15) is 0 Å². The molecule has 3 heteroatoms. The zero-order valence-corrected chi connectivity index (χ0v) is 17.5. The van der Waals surface area contributed by atoms with Crippen molar-refractivity contribution in [1.82, 2.24) is 9.88 Å². The van der Waals surface area contributed by atoms with Crippen LogP contribution in [0.5, 0.6) is 0 Å². The number of fused-ring (bicyclic) bond motifs is 3. The summed E-state index contributed by atoms with van der Waals surface area (Å²) in [5.41, 5.74) is 8.05. The Bertz CT molecular complexity index is 1100. The fourth-order valence-electron chi connectivity index (χ4n) is 4.45. The van der Waals surface area contributed by atoms with Crippen LogP contribution in [0, 0.1) is 0 Å². The second-order valence-electron chi connectivity index (χ2n) is 8.10. The average molecular weight is 394 g/mol. The first-order valence-corrected chi connectivity index (χ1v) is 10.8. The summed E-state index contributed by atoms with van der Waals surface area (Å²) in [4.78, 5) is 9.57. The van der Waals surface area contributed by atoms with Gasteiger partial charge in [-0.1, -0.05) is 67.6 Å². The summed E-state index contributed by atoms with van der Waals surface area (Å²) in [5.74, 6) is 1.06. The third-order valence-electron chi connectivity index (χ3n) is 5.96. The van der Waals surface area contributed by atoms with Gasteiger partial charge in [-0.3, -0.25) is 4.90 Å². The van der Waals surface area contributed by atoms with Crippen molar-refractivity contribution in [3.8, 4) is 0 Å². The molecule has 0 spiro atoms. The molecule has 0 radical (unpaired) electrons. The number of nitrogens with zero attached hydrogens (tertiary/aromatic N) is 3. The summed E-state index contributed by atoms with van der Waals surface area (Å²) >= 11 is 0. The molecule has 0 unspecified atom stereocenters. The molecule has 3 heterocycles. The maximum atomic E-state index is 4.74. The Labute approximate surface area is 179 Å². The summed E-state index contributed by atoms with van der Waals surface area (Å²) in [6.07, 6.45) is 7.65. The number of hydrogen-bond acceptors (Lipinski definition) is 3. The number of benzene rings is 2. The smallest absolute Gasteiger partial charge is 0.140 e.